The summed E-state index contributed by atoms with van der Waals surface area (Å²) in [6.07, 6.45) is 3.81. The summed E-state index contributed by atoms with van der Waals surface area (Å²) >= 11 is 0. The molecular formula is C16H24N2O2. The van der Waals surface area contributed by atoms with Crippen LogP contribution in [0.25, 0.3) is 0 Å². The molecule has 1 atom stereocenters. The van der Waals surface area contributed by atoms with Crippen molar-refractivity contribution in [2.24, 2.45) is 11.7 Å². The summed E-state index contributed by atoms with van der Waals surface area (Å²) in [4.78, 5) is 14.6. The molecule has 1 aromatic rings. The number of hydrogen-bond donors (Lipinski definition) is 1. The van der Waals surface area contributed by atoms with E-state index in [9.17, 15) is 4.79 Å². The maximum absolute atomic E-state index is 12.7. The SMILES string of the molecule is CCCC(CN)C(=O)N1CCCc2cccc(OC)c21. The molecule has 1 amide bonds. The van der Waals surface area contributed by atoms with Crippen molar-refractivity contribution >= 4 is 11.6 Å². The molecule has 2 N–H and O–H groups in total. The van der Waals surface area contributed by atoms with Gasteiger partial charge in [0.2, 0.25) is 5.91 Å². The van der Waals surface area contributed by atoms with E-state index >= 15 is 0 Å². The Bertz CT molecular complexity index is 459. The van der Waals surface area contributed by atoms with Crippen LogP contribution in [0.4, 0.5) is 5.69 Å². The van der Waals surface area contributed by atoms with Gasteiger partial charge in [-0.05, 0) is 30.9 Å². The number of methoxy groups -OCH3 is 1. The van der Waals surface area contributed by atoms with Crippen LogP contribution in [0.1, 0.15) is 31.7 Å². The van der Waals surface area contributed by atoms with E-state index < -0.39 is 0 Å². The fourth-order valence-electron chi connectivity index (χ4n) is 2.91. The molecular weight excluding hydrogens is 252 g/mol. The van der Waals surface area contributed by atoms with E-state index in [1.54, 1.807) is 7.11 Å². The molecule has 0 fully saturated rings. The molecule has 0 bridgehead atoms. The van der Waals surface area contributed by atoms with Crippen molar-refractivity contribution < 1.29 is 9.53 Å². The predicted molar refractivity (Wildman–Crippen MR) is 81.1 cm³/mol. The number of aryl methyl sites for hydroxylation is 1. The third-order valence-corrected chi connectivity index (χ3v) is 3.94. The highest BCUT2D eigenvalue weighted by atomic mass is 16.5. The zero-order chi connectivity index (χ0) is 14.5. The molecule has 1 aliphatic heterocycles. The first-order valence-corrected chi connectivity index (χ1v) is 7.40. The lowest BCUT2D eigenvalue weighted by Gasteiger charge is -2.33. The summed E-state index contributed by atoms with van der Waals surface area (Å²) < 4.78 is 5.44. The first-order valence-electron chi connectivity index (χ1n) is 7.40. The quantitative estimate of drug-likeness (QED) is 0.898. The molecule has 4 heteroatoms. The minimum atomic E-state index is -0.0872. The highest BCUT2D eigenvalue weighted by Gasteiger charge is 2.29. The molecule has 1 heterocycles. The van der Waals surface area contributed by atoms with Gasteiger partial charge in [-0.2, -0.15) is 0 Å². The van der Waals surface area contributed by atoms with Gasteiger partial charge >= 0.3 is 0 Å². The van der Waals surface area contributed by atoms with Crippen molar-refractivity contribution in [1.82, 2.24) is 0 Å². The monoisotopic (exact) mass is 276 g/mol. The van der Waals surface area contributed by atoms with Crippen LogP contribution in [0.15, 0.2) is 18.2 Å². The fourth-order valence-corrected chi connectivity index (χ4v) is 2.91. The van der Waals surface area contributed by atoms with Gasteiger partial charge < -0.3 is 15.4 Å². The van der Waals surface area contributed by atoms with Gasteiger partial charge in [-0.15, -0.1) is 0 Å². The smallest absolute Gasteiger partial charge is 0.231 e. The lowest BCUT2D eigenvalue weighted by atomic mass is 9.96. The molecule has 0 aromatic heterocycles. The second-order valence-electron chi connectivity index (χ2n) is 5.28. The van der Waals surface area contributed by atoms with E-state index in [2.05, 4.69) is 13.0 Å². The van der Waals surface area contributed by atoms with Gasteiger partial charge in [-0.1, -0.05) is 25.5 Å². The van der Waals surface area contributed by atoms with Crippen molar-refractivity contribution in [3.8, 4) is 5.75 Å². The maximum atomic E-state index is 12.7. The van der Waals surface area contributed by atoms with E-state index in [1.165, 1.54) is 5.56 Å². The van der Waals surface area contributed by atoms with Crippen LogP contribution in [-0.2, 0) is 11.2 Å². The summed E-state index contributed by atoms with van der Waals surface area (Å²) in [6, 6.07) is 5.98. The molecule has 4 nitrogen and oxygen atoms in total. The lowest BCUT2D eigenvalue weighted by molar-refractivity contribution is -0.122. The average molecular weight is 276 g/mol. The number of rotatable bonds is 5. The number of ether oxygens (including phenoxy) is 1. The Hall–Kier alpha value is -1.55. The van der Waals surface area contributed by atoms with E-state index in [1.807, 2.05) is 17.0 Å². The number of nitrogens with two attached hydrogens (primary N) is 1. The minimum Gasteiger partial charge on any atom is -0.495 e. The van der Waals surface area contributed by atoms with Crippen molar-refractivity contribution in [2.75, 3.05) is 25.1 Å². The summed E-state index contributed by atoms with van der Waals surface area (Å²) in [5, 5.41) is 0. The molecule has 0 saturated carbocycles. The van der Waals surface area contributed by atoms with Crippen LogP contribution in [0.3, 0.4) is 0 Å². The third-order valence-electron chi connectivity index (χ3n) is 3.94. The van der Waals surface area contributed by atoms with Crippen molar-refractivity contribution in [1.29, 1.82) is 0 Å². The zero-order valence-corrected chi connectivity index (χ0v) is 12.4. The first-order chi connectivity index (χ1) is 9.72. The zero-order valence-electron chi connectivity index (χ0n) is 12.4. The Balaban J connectivity index is 2.34. The molecule has 2 rings (SSSR count). The van der Waals surface area contributed by atoms with E-state index in [-0.39, 0.29) is 11.8 Å². The number of hydrogen-bond acceptors (Lipinski definition) is 3. The number of benzene rings is 1. The molecule has 1 aliphatic rings. The van der Waals surface area contributed by atoms with Crippen LogP contribution in [0.5, 0.6) is 5.75 Å². The Morgan fingerprint density at radius 3 is 2.95 bits per heavy atom. The molecule has 1 unspecified atom stereocenters. The maximum Gasteiger partial charge on any atom is 0.231 e. The Kier molecular flexibility index (Phi) is 5.01. The Morgan fingerprint density at radius 2 is 2.30 bits per heavy atom. The van der Waals surface area contributed by atoms with Crippen LogP contribution >= 0.6 is 0 Å². The number of fused-ring (bicyclic) bond motifs is 1. The summed E-state index contributed by atoms with van der Waals surface area (Å²) in [5.74, 6) is 0.832. The fraction of sp³-hybridized carbons (Fsp3) is 0.562. The number of anilines is 1. The molecule has 110 valence electrons. The van der Waals surface area contributed by atoms with Gasteiger partial charge in [0.25, 0.3) is 0 Å². The van der Waals surface area contributed by atoms with Gasteiger partial charge in [-0.3, -0.25) is 4.79 Å². The summed E-state index contributed by atoms with van der Waals surface area (Å²) in [5.41, 5.74) is 7.91. The molecule has 0 radical (unpaired) electrons. The largest absolute Gasteiger partial charge is 0.495 e. The van der Waals surface area contributed by atoms with Gasteiger partial charge in [0.15, 0.2) is 0 Å². The van der Waals surface area contributed by atoms with E-state index in [0.29, 0.717) is 6.54 Å². The number of carbonyl (C=O) groups excluding carboxylic acids is 1. The predicted octanol–water partition coefficient (Wildman–Crippen LogP) is 2.35. The van der Waals surface area contributed by atoms with Crippen molar-refractivity contribution in [2.45, 2.75) is 32.6 Å². The molecule has 20 heavy (non-hydrogen) atoms. The standard InChI is InChI=1S/C16H24N2O2/c1-3-6-13(11-17)16(19)18-10-5-8-12-7-4-9-14(20-2)15(12)18/h4,7,9,13H,3,5-6,8,10-11,17H2,1-2H3. The molecule has 0 saturated heterocycles. The number of amides is 1. The summed E-state index contributed by atoms with van der Waals surface area (Å²) in [6.45, 7) is 3.25. The van der Waals surface area contributed by atoms with E-state index in [0.717, 1.165) is 43.7 Å². The lowest BCUT2D eigenvalue weighted by Crippen LogP contribution is -2.42. The average Bonchev–Trinajstić information content (AvgIpc) is 2.50. The van der Waals surface area contributed by atoms with E-state index in [4.69, 9.17) is 10.5 Å². The second kappa shape index (κ2) is 6.75. The topological polar surface area (TPSA) is 55.6 Å². The van der Waals surface area contributed by atoms with Crippen molar-refractivity contribution in [3.63, 3.8) is 0 Å². The summed E-state index contributed by atoms with van der Waals surface area (Å²) in [7, 11) is 1.65. The van der Waals surface area contributed by atoms with Crippen LogP contribution in [-0.4, -0.2) is 26.1 Å². The van der Waals surface area contributed by atoms with Crippen molar-refractivity contribution in [3.05, 3.63) is 23.8 Å². The molecule has 0 spiro atoms. The molecule has 0 aliphatic carbocycles. The number of para-hydroxylation sites is 1. The number of carbonyl (C=O) groups is 1. The van der Waals surface area contributed by atoms with Gasteiger partial charge in [0.1, 0.15) is 5.75 Å². The minimum absolute atomic E-state index is 0.0872. The highest BCUT2D eigenvalue weighted by Crippen LogP contribution is 2.37. The Morgan fingerprint density at radius 1 is 1.50 bits per heavy atom. The number of nitrogens with zero attached hydrogens (tertiary/aromatic N) is 1. The molecule has 1 aromatic carbocycles. The third kappa shape index (κ3) is 2.80. The normalized spacial score (nSPS) is 15.7. The van der Waals surface area contributed by atoms with Gasteiger partial charge in [0.05, 0.1) is 18.7 Å². The van der Waals surface area contributed by atoms with Gasteiger partial charge in [0, 0.05) is 13.1 Å². The van der Waals surface area contributed by atoms with Crippen LogP contribution in [0.2, 0.25) is 0 Å². The van der Waals surface area contributed by atoms with Gasteiger partial charge in [-0.25, -0.2) is 0 Å². The highest BCUT2D eigenvalue weighted by molar-refractivity contribution is 5.97. The first kappa shape index (κ1) is 14.9. The Labute approximate surface area is 120 Å². The van der Waals surface area contributed by atoms with Crippen LogP contribution < -0.4 is 15.4 Å². The van der Waals surface area contributed by atoms with Crippen LogP contribution in [0, 0.1) is 5.92 Å². The second-order valence-corrected chi connectivity index (χ2v) is 5.28.